The van der Waals surface area contributed by atoms with E-state index in [1.54, 1.807) is 22.7 Å². The molecule has 134 valence electrons. The lowest BCUT2D eigenvalue weighted by Crippen LogP contribution is -2.54. The quantitative estimate of drug-likeness (QED) is 0.826. The number of thiophene rings is 1. The Bertz CT molecular complexity index is 747. The van der Waals surface area contributed by atoms with Crippen molar-refractivity contribution in [1.29, 1.82) is 0 Å². The largest absolute Gasteiger partial charge is 0.347 e. The van der Waals surface area contributed by atoms with Gasteiger partial charge in [0, 0.05) is 49.6 Å². The maximum absolute atomic E-state index is 13.1. The van der Waals surface area contributed by atoms with Crippen molar-refractivity contribution in [2.24, 2.45) is 0 Å². The molecule has 0 bridgehead atoms. The number of fused-ring (bicyclic) bond motifs is 1. The van der Waals surface area contributed by atoms with Crippen molar-refractivity contribution in [3.05, 3.63) is 22.5 Å². The second kappa shape index (κ2) is 6.70. The van der Waals surface area contributed by atoms with Gasteiger partial charge >= 0.3 is 0 Å². The highest BCUT2D eigenvalue weighted by Gasteiger charge is 2.41. The van der Waals surface area contributed by atoms with E-state index in [1.807, 2.05) is 4.90 Å². The fourth-order valence-electron chi connectivity index (χ4n) is 3.65. The zero-order valence-electron chi connectivity index (χ0n) is 14.9. The standard InChI is InChI=1S/C18H24N4OS2/c1-12(2)22-15(17(23)21-7-5-20(3)6-8-21)10-14-18(22)25-16(19-14)13-4-9-24-11-13/h4,9,11-12,15H,5-8,10H2,1-3H3/t15-/m0/s1. The molecule has 1 saturated heterocycles. The minimum absolute atomic E-state index is 0.0892. The summed E-state index contributed by atoms with van der Waals surface area (Å²) in [5.74, 6) is 0.268. The second-order valence-corrected chi connectivity index (χ2v) is 8.89. The van der Waals surface area contributed by atoms with Gasteiger partial charge in [0.15, 0.2) is 0 Å². The molecule has 0 aromatic carbocycles. The first-order valence-electron chi connectivity index (χ1n) is 8.82. The van der Waals surface area contributed by atoms with E-state index in [1.165, 1.54) is 10.6 Å². The van der Waals surface area contributed by atoms with Crippen molar-refractivity contribution in [2.45, 2.75) is 32.4 Å². The van der Waals surface area contributed by atoms with E-state index >= 15 is 0 Å². The molecule has 2 aliphatic rings. The summed E-state index contributed by atoms with van der Waals surface area (Å²) in [7, 11) is 2.12. The molecule has 0 aliphatic carbocycles. The van der Waals surface area contributed by atoms with E-state index in [0.717, 1.165) is 43.3 Å². The van der Waals surface area contributed by atoms with E-state index in [0.29, 0.717) is 6.04 Å². The van der Waals surface area contributed by atoms with E-state index in [-0.39, 0.29) is 11.9 Å². The third-order valence-electron chi connectivity index (χ3n) is 5.06. The van der Waals surface area contributed by atoms with Gasteiger partial charge in [0.2, 0.25) is 5.91 Å². The van der Waals surface area contributed by atoms with E-state index in [4.69, 9.17) is 4.98 Å². The molecule has 0 spiro atoms. The number of piperazine rings is 1. The first kappa shape index (κ1) is 17.0. The van der Waals surface area contributed by atoms with Crippen molar-refractivity contribution in [3.8, 4) is 10.6 Å². The Morgan fingerprint density at radius 3 is 2.68 bits per heavy atom. The number of amides is 1. The fraction of sp³-hybridized carbons (Fsp3) is 0.556. The molecule has 5 nitrogen and oxygen atoms in total. The average molecular weight is 377 g/mol. The topological polar surface area (TPSA) is 39.7 Å². The molecule has 0 unspecified atom stereocenters. The molecule has 2 aliphatic heterocycles. The van der Waals surface area contributed by atoms with Gasteiger partial charge in [0.05, 0.1) is 5.69 Å². The van der Waals surface area contributed by atoms with Gasteiger partial charge in [-0.05, 0) is 32.3 Å². The van der Waals surface area contributed by atoms with E-state index in [9.17, 15) is 4.79 Å². The molecule has 2 aromatic rings. The predicted octanol–water partition coefficient (Wildman–Crippen LogP) is 2.79. The molecule has 4 heterocycles. The van der Waals surface area contributed by atoms with E-state index < -0.39 is 0 Å². The molecular weight excluding hydrogens is 352 g/mol. The number of carbonyl (C=O) groups excluding carboxylic acids is 1. The number of hydrogen-bond donors (Lipinski definition) is 0. The summed E-state index contributed by atoms with van der Waals surface area (Å²) in [5.41, 5.74) is 2.28. The van der Waals surface area contributed by atoms with Gasteiger partial charge < -0.3 is 14.7 Å². The van der Waals surface area contributed by atoms with Crippen LogP contribution in [0.15, 0.2) is 16.8 Å². The van der Waals surface area contributed by atoms with Crippen LogP contribution in [0.1, 0.15) is 19.5 Å². The molecule has 1 atom stereocenters. The monoisotopic (exact) mass is 376 g/mol. The number of aromatic nitrogens is 1. The van der Waals surface area contributed by atoms with Crippen LogP contribution in [0, 0.1) is 0 Å². The Labute approximate surface area is 156 Å². The highest BCUT2D eigenvalue weighted by molar-refractivity contribution is 7.19. The molecule has 1 amide bonds. The summed E-state index contributed by atoms with van der Waals surface area (Å²) in [5, 5.41) is 6.48. The lowest BCUT2D eigenvalue weighted by Gasteiger charge is -2.37. The van der Waals surface area contributed by atoms with Gasteiger partial charge in [0.25, 0.3) is 0 Å². The minimum Gasteiger partial charge on any atom is -0.347 e. The van der Waals surface area contributed by atoms with E-state index in [2.05, 4.69) is 47.5 Å². The number of thiazole rings is 1. The highest BCUT2D eigenvalue weighted by Crippen LogP contribution is 2.42. The molecule has 0 saturated carbocycles. The zero-order valence-corrected chi connectivity index (χ0v) is 16.6. The molecule has 0 radical (unpaired) electrons. The smallest absolute Gasteiger partial charge is 0.245 e. The average Bonchev–Trinajstić information content (AvgIpc) is 3.29. The number of hydrogen-bond acceptors (Lipinski definition) is 6. The van der Waals surface area contributed by atoms with Gasteiger partial charge in [-0.2, -0.15) is 11.3 Å². The lowest BCUT2D eigenvalue weighted by molar-refractivity contribution is -0.134. The third-order valence-corrected chi connectivity index (χ3v) is 6.90. The van der Waals surface area contributed by atoms with Crippen molar-refractivity contribution < 1.29 is 4.79 Å². The fourth-order valence-corrected chi connectivity index (χ4v) is 5.64. The number of anilines is 1. The van der Waals surface area contributed by atoms with Crippen molar-refractivity contribution in [1.82, 2.24) is 14.8 Å². The summed E-state index contributed by atoms with van der Waals surface area (Å²) in [6, 6.07) is 2.32. The molecule has 7 heteroatoms. The minimum atomic E-state index is -0.0892. The second-order valence-electron chi connectivity index (χ2n) is 7.13. The Kier molecular flexibility index (Phi) is 4.56. The van der Waals surface area contributed by atoms with Crippen LogP contribution in [0.5, 0.6) is 0 Å². The maximum atomic E-state index is 13.1. The maximum Gasteiger partial charge on any atom is 0.245 e. The summed E-state index contributed by atoms with van der Waals surface area (Å²) >= 11 is 3.42. The number of carbonyl (C=O) groups is 1. The SMILES string of the molecule is CC(C)N1c2sc(-c3ccsc3)nc2C[C@H]1C(=O)N1CCN(C)CC1. The van der Waals surface area contributed by atoms with Crippen LogP contribution < -0.4 is 4.90 Å². The molecule has 4 rings (SSSR count). The van der Waals surface area contributed by atoms with Crippen molar-refractivity contribution in [2.75, 3.05) is 38.1 Å². The molecular formula is C18H24N4OS2. The van der Waals surface area contributed by atoms with Crippen molar-refractivity contribution >= 4 is 33.6 Å². The Hall–Kier alpha value is -1.44. The van der Waals surface area contributed by atoms with Gasteiger partial charge in [-0.1, -0.05) is 11.3 Å². The lowest BCUT2D eigenvalue weighted by atomic mass is 10.1. The van der Waals surface area contributed by atoms with Crippen molar-refractivity contribution in [3.63, 3.8) is 0 Å². The highest BCUT2D eigenvalue weighted by atomic mass is 32.1. The number of rotatable bonds is 3. The molecule has 25 heavy (non-hydrogen) atoms. The first-order valence-corrected chi connectivity index (χ1v) is 10.6. The van der Waals surface area contributed by atoms with Crippen LogP contribution in [-0.4, -0.2) is 66.0 Å². The normalized spacial score (nSPS) is 21.2. The van der Waals surface area contributed by atoms with Crippen LogP contribution in [-0.2, 0) is 11.2 Å². The van der Waals surface area contributed by atoms with Gasteiger partial charge in [-0.15, -0.1) is 0 Å². The van der Waals surface area contributed by atoms with Crippen LogP contribution >= 0.6 is 22.7 Å². The predicted molar refractivity (Wildman–Crippen MR) is 105 cm³/mol. The van der Waals surface area contributed by atoms with Gasteiger partial charge in [-0.25, -0.2) is 4.98 Å². The van der Waals surface area contributed by atoms with Crippen LogP contribution in [0.3, 0.4) is 0 Å². The number of likely N-dealkylation sites (N-methyl/N-ethyl adjacent to an activating group) is 1. The summed E-state index contributed by atoms with van der Waals surface area (Å²) in [4.78, 5) is 24.6. The Balaban J connectivity index is 1.58. The molecule has 0 N–H and O–H groups in total. The molecule has 2 aromatic heterocycles. The molecule has 1 fully saturated rings. The van der Waals surface area contributed by atoms with Crippen LogP contribution in [0.25, 0.3) is 10.6 Å². The van der Waals surface area contributed by atoms with Gasteiger partial charge in [0.1, 0.15) is 16.1 Å². The Morgan fingerprint density at radius 1 is 1.28 bits per heavy atom. The van der Waals surface area contributed by atoms with Gasteiger partial charge in [-0.3, -0.25) is 4.79 Å². The Morgan fingerprint density at radius 2 is 2.04 bits per heavy atom. The van der Waals surface area contributed by atoms with Crippen LogP contribution in [0.4, 0.5) is 5.00 Å². The first-order chi connectivity index (χ1) is 12.0. The third kappa shape index (κ3) is 3.09. The zero-order chi connectivity index (χ0) is 17.6. The summed E-state index contributed by atoms with van der Waals surface area (Å²) < 4.78 is 0. The number of nitrogens with zero attached hydrogens (tertiary/aromatic N) is 4. The summed E-state index contributed by atoms with van der Waals surface area (Å²) in [6.07, 6.45) is 0.735. The summed E-state index contributed by atoms with van der Waals surface area (Å²) in [6.45, 7) is 7.93. The van der Waals surface area contributed by atoms with Crippen LogP contribution in [0.2, 0.25) is 0 Å².